The van der Waals surface area contributed by atoms with E-state index in [1.165, 1.54) is 24.6 Å². The van der Waals surface area contributed by atoms with Crippen LogP contribution in [-0.4, -0.2) is 5.33 Å². The van der Waals surface area contributed by atoms with E-state index in [0.29, 0.717) is 0 Å². The van der Waals surface area contributed by atoms with Gasteiger partial charge in [-0.2, -0.15) is 0 Å². The van der Waals surface area contributed by atoms with Gasteiger partial charge in [0.1, 0.15) is 0 Å². The molecule has 2 saturated carbocycles. The van der Waals surface area contributed by atoms with E-state index in [9.17, 15) is 0 Å². The van der Waals surface area contributed by atoms with Crippen molar-refractivity contribution in [2.24, 2.45) is 17.8 Å². The summed E-state index contributed by atoms with van der Waals surface area (Å²) in [5, 5.41) is 1.26. The van der Waals surface area contributed by atoms with Crippen LogP contribution >= 0.6 is 15.9 Å². The zero-order chi connectivity index (χ0) is 6.27. The number of alkyl halides is 1. The van der Waals surface area contributed by atoms with Crippen molar-refractivity contribution in [1.29, 1.82) is 0 Å². The Morgan fingerprint density at radius 3 is 2.44 bits per heavy atom. The second-order valence-corrected chi connectivity index (χ2v) is 4.24. The Bertz CT molecular complexity index is 111. The molecule has 1 heteroatoms. The summed E-state index contributed by atoms with van der Waals surface area (Å²) in [5.41, 5.74) is 0. The maximum atomic E-state index is 3.58. The molecule has 0 heterocycles. The highest BCUT2D eigenvalue weighted by Gasteiger charge is 2.38. The van der Waals surface area contributed by atoms with Gasteiger partial charge in [-0.05, 0) is 37.0 Å². The fourth-order valence-corrected chi connectivity index (χ4v) is 3.36. The van der Waals surface area contributed by atoms with Crippen LogP contribution in [-0.2, 0) is 0 Å². The average molecular weight is 189 g/mol. The molecule has 0 saturated heterocycles. The van der Waals surface area contributed by atoms with E-state index in [1.807, 2.05) is 0 Å². The molecule has 2 rings (SSSR count). The number of halogens is 1. The molecule has 2 bridgehead atoms. The van der Waals surface area contributed by atoms with E-state index < -0.39 is 0 Å². The molecule has 0 N–H and O–H groups in total. The van der Waals surface area contributed by atoms with Crippen LogP contribution in [0.5, 0.6) is 0 Å². The molecule has 0 unspecified atom stereocenters. The van der Waals surface area contributed by atoms with Crippen molar-refractivity contribution >= 4 is 15.9 Å². The monoisotopic (exact) mass is 188 g/mol. The van der Waals surface area contributed by atoms with Crippen LogP contribution in [0.2, 0.25) is 0 Å². The van der Waals surface area contributed by atoms with Gasteiger partial charge in [-0.25, -0.2) is 0 Å². The van der Waals surface area contributed by atoms with Crippen molar-refractivity contribution < 1.29 is 0 Å². The van der Waals surface area contributed by atoms with Crippen molar-refractivity contribution in [1.82, 2.24) is 0 Å². The first-order valence-corrected chi connectivity index (χ1v) is 5.08. The molecule has 0 aliphatic heterocycles. The second-order valence-electron chi connectivity index (χ2n) is 3.59. The molecule has 0 spiro atoms. The van der Waals surface area contributed by atoms with Crippen LogP contribution in [0.4, 0.5) is 0 Å². The predicted octanol–water partition coefficient (Wildman–Crippen LogP) is 2.82. The predicted molar refractivity (Wildman–Crippen MR) is 42.7 cm³/mol. The maximum Gasteiger partial charge on any atom is 0.00624 e. The molecule has 0 aromatic carbocycles. The molecule has 3 atom stereocenters. The largest absolute Gasteiger partial charge is 0.0925 e. The van der Waals surface area contributed by atoms with Crippen molar-refractivity contribution in [2.45, 2.75) is 25.7 Å². The van der Waals surface area contributed by atoms with Crippen LogP contribution in [0, 0.1) is 17.8 Å². The summed E-state index contributed by atoms with van der Waals surface area (Å²) < 4.78 is 0. The van der Waals surface area contributed by atoms with E-state index in [0.717, 1.165) is 17.8 Å². The van der Waals surface area contributed by atoms with Gasteiger partial charge in [0.2, 0.25) is 0 Å². The van der Waals surface area contributed by atoms with Gasteiger partial charge in [-0.1, -0.05) is 22.4 Å². The third kappa shape index (κ3) is 0.938. The van der Waals surface area contributed by atoms with E-state index >= 15 is 0 Å². The van der Waals surface area contributed by atoms with E-state index in [2.05, 4.69) is 15.9 Å². The van der Waals surface area contributed by atoms with Crippen LogP contribution in [0.3, 0.4) is 0 Å². The first kappa shape index (κ1) is 6.21. The topological polar surface area (TPSA) is 0 Å². The Morgan fingerprint density at radius 1 is 1.22 bits per heavy atom. The minimum atomic E-state index is 1.05. The normalized spacial score (nSPS) is 48.3. The zero-order valence-corrected chi connectivity index (χ0v) is 7.23. The van der Waals surface area contributed by atoms with Crippen molar-refractivity contribution in [2.75, 3.05) is 5.33 Å². The third-order valence-electron chi connectivity index (χ3n) is 3.08. The number of rotatable bonds is 1. The molecule has 0 aromatic heterocycles. The summed E-state index contributed by atoms with van der Waals surface area (Å²) in [7, 11) is 0. The lowest BCUT2D eigenvalue weighted by atomic mass is 9.91. The Hall–Kier alpha value is 0.480. The molecule has 2 aliphatic carbocycles. The van der Waals surface area contributed by atoms with Crippen molar-refractivity contribution in [3.05, 3.63) is 0 Å². The Balaban J connectivity index is 2.01. The summed E-state index contributed by atoms with van der Waals surface area (Å²) >= 11 is 3.58. The summed E-state index contributed by atoms with van der Waals surface area (Å²) in [6.07, 6.45) is 6.14. The minimum Gasteiger partial charge on any atom is -0.0925 e. The molecular weight excluding hydrogens is 176 g/mol. The Kier molecular flexibility index (Phi) is 1.56. The fraction of sp³-hybridized carbons (Fsp3) is 1.00. The Labute approximate surface area is 65.1 Å². The number of hydrogen-bond acceptors (Lipinski definition) is 0. The van der Waals surface area contributed by atoms with Gasteiger partial charge in [0.25, 0.3) is 0 Å². The first-order chi connectivity index (χ1) is 4.40. The van der Waals surface area contributed by atoms with Gasteiger partial charge < -0.3 is 0 Å². The summed E-state index contributed by atoms with van der Waals surface area (Å²) in [6, 6.07) is 0. The number of hydrogen-bond donors (Lipinski definition) is 0. The van der Waals surface area contributed by atoms with Crippen LogP contribution in [0.1, 0.15) is 25.7 Å². The van der Waals surface area contributed by atoms with Gasteiger partial charge in [0, 0.05) is 5.33 Å². The standard InChI is InChI=1S/C8H13Br/c9-5-8-4-6-1-2-7(8)3-6/h6-8H,1-5H2/t6-,7+,8-/m0/s1. The molecule has 2 fully saturated rings. The lowest BCUT2D eigenvalue weighted by molar-refractivity contribution is 0.367. The molecule has 0 nitrogen and oxygen atoms in total. The molecule has 9 heavy (non-hydrogen) atoms. The van der Waals surface area contributed by atoms with Gasteiger partial charge in [-0.3, -0.25) is 0 Å². The SMILES string of the molecule is BrC[C@@H]1C[C@H]2CC[C@@H]1C2. The molecule has 52 valence electrons. The van der Waals surface area contributed by atoms with Crippen LogP contribution in [0.15, 0.2) is 0 Å². The Morgan fingerprint density at radius 2 is 2.11 bits per heavy atom. The number of fused-ring (bicyclic) bond motifs is 2. The maximum absolute atomic E-state index is 3.58. The quantitative estimate of drug-likeness (QED) is 0.556. The lowest BCUT2D eigenvalue weighted by Crippen LogP contribution is -2.10. The third-order valence-corrected chi connectivity index (χ3v) is 3.91. The van der Waals surface area contributed by atoms with Gasteiger partial charge in [0.05, 0.1) is 0 Å². The van der Waals surface area contributed by atoms with Gasteiger partial charge >= 0.3 is 0 Å². The highest BCUT2D eigenvalue weighted by Crippen LogP contribution is 2.48. The van der Waals surface area contributed by atoms with Gasteiger partial charge in [-0.15, -0.1) is 0 Å². The molecule has 0 amide bonds. The van der Waals surface area contributed by atoms with E-state index in [-0.39, 0.29) is 0 Å². The fourth-order valence-electron chi connectivity index (χ4n) is 2.57. The van der Waals surface area contributed by atoms with Gasteiger partial charge in [0.15, 0.2) is 0 Å². The zero-order valence-electron chi connectivity index (χ0n) is 5.65. The smallest absolute Gasteiger partial charge is 0.00624 e. The van der Waals surface area contributed by atoms with Crippen molar-refractivity contribution in [3.8, 4) is 0 Å². The van der Waals surface area contributed by atoms with E-state index in [1.54, 1.807) is 6.42 Å². The molecule has 0 radical (unpaired) electrons. The highest BCUT2D eigenvalue weighted by molar-refractivity contribution is 9.09. The summed E-state index contributed by atoms with van der Waals surface area (Å²) in [6.45, 7) is 0. The average Bonchev–Trinajstić information content (AvgIpc) is 2.45. The highest BCUT2D eigenvalue weighted by atomic mass is 79.9. The summed E-state index contributed by atoms with van der Waals surface area (Å²) in [4.78, 5) is 0. The molecular formula is C8H13Br. The van der Waals surface area contributed by atoms with Crippen LogP contribution < -0.4 is 0 Å². The molecule has 0 aromatic rings. The van der Waals surface area contributed by atoms with Crippen LogP contribution in [0.25, 0.3) is 0 Å². The molecule has 2 aliphatic rings. The summed E-state index contributed by atoms with van der Waals surface area (Å²) in [5.74, 6) is 3.27. The lowest BCUT2D eigenvalue weighted by Gasteiger charge is -2.18. The first-order valence-electron chi connectivity index (χ1n) is 3.96. The minimum absolute atomic E-state index is 1.05. The second kappa shape index (κ2) is 2.26. The van der Waals surface area contributed by atoms with Crippen molar-refractivity contribution in [3.63, 3.8) is 0 Å². The van der Waals surface area contributed by atoms with E-state index in [4.69, 9.17) is 0 Å².